The number of hydrogen-bond acceptors (Lipinski definition) is 5. The van der Waals surface area contributed by atoms with Crippen LogP contribution in [0, 0.1) is 13.8 Å². The summed E-state index contributed by atoms with van der Waals surface area (Å²) in [6.07, 6.45) is 1.83. The quantitative estimate of drug-likeness (QED) is 0.733. The van der Waals surface area contributed by atoms with Crippen molar-refractivity contribution in [2.45, 2.75) is 33.0 Å². The van der Waals surface area contributed by atoms with Crippen LogP contribution in [-0.4, -0.2) is 49.4 Å². The molecular formula is C19H23N7O. The van der Waals surface area contributed by atoms with Crippen molar-refractivity contribution >= 4 is 5.91 Å². The minimum atomic E-state index is -0.467. The maximum Gasteiger partial charge on any atom is 0.245 e. The number of carbonyl (C=O) groups is 1. The Labute approximate surface area is 157 Å². The van der Waals surface area contributed by atoms with Crippen molar-refractivity contribution in [2.24, 2.45) is 0 Å². The van der Waals surface area contributed by atoms with Crippen LogP contribution in [-0.2, 0) is 17.9 Å². The lowest BCUT2D eigenvalue weighted by atomic mass is 10.0. The SMILES string of the molecule is CNC(=O)C1c2nnc(C)n2CCN1Cc1cn[nH]c1-c1ccc(C)cc1. The van der Waals surface area contributed by atoms with E-state index in [9.17, 15) is 4.79 Å². The largest absolute Gasteiger partial charge is 0.357 e. The van der Waals surface area contributed by atoms with Gasteiger partial charge in [0.1, 0.15) is 5.82 Å². The fraction of sp³-hybridized carbons (Fsp3) is 0.368. The number of benzene rings is 1. The van der Waals surface area contributed by atoms with E-state index in [1.54, 1.807) is 7.05 Å². The molecule has 2 aromatic heterocycles. The highest BCUT2D eigenvalue weighted by atomic mass is 16.2. The minimum absolute atomic E-state index is 0.0799. The number of fused-ring (bicyclic) bond motifs is 1. The molecule has 8 heteroatoms. The van der Waals surface area contributed by atoms with Crippen LogP contribution < -0.4 is 5.32 Å². The molecule has 140 valence electrons. The minimum Gasteiger partial charge on any atom is -0.357 e. The number of aryl methyl sites for hydroxylation is 2. The molecule has 1 unspecified atom stereocenters. The molecule has 1 aliphatic rings. The van der Waals surface area contributed by atoms with Gasteiger partial charge in [-0.15, -0.1) is 10.2 Å². The van der Waals surface area contributed by atoms with Crippen LogP contribution >= 0.6 is 0 Å². The Morgan fingerprint density at radius 3 is 2.74 bits per heavy atom. The molecule has 27 heavy (non-hydrogen) atoms. The third kappa shape index (κ3) is 3.12. The number of nitrogens with one attached hydrogen (secondary N) is 2. The monoisotopic (exact) mass is 365 g/mol. The first-order valence-electron chi connectivity index (χ1n) is 9.03. The van der Waals surface area contributed by atoms with E-state index >= 15 is 0 Å². The van der Waals surface area contributed by atoms with Gasteiger partial charge in [0, 0.05) is 32.2 Å². The molecule has 3 aromatic rings. The molecule has 1 aliphatic heterocycles. The van der Waals surface area contributed by atoms with Crippen molar-refractivity contribution in [1.82, 2.24) is 35.2 Å². The zero-order valence-electron chi connectivity index (χ0n) is 15.7. The molecule has 0 bridgehead atoms. The summed E-state index contributed by atoms with van der Waals surface area (Å²) in [5.41, 5.74) is 4.33. The Bertz CT molecular complexity index is 957. The smallest absolute Gasteiger partial charge is 0.245 e. The molecule has 0 saturated carbocycles. The van der Waals surface area contributed by atoms with Gasteiger partial charge >= 0.3 is 0 Å². The van der Waals surface area contributed by atoms with E-state index in [4.69, 9.17) is 0 Å². The van der Waals surface area contributed by atoms with E-state index in [0.717, 1.165) is 35.7 Å². The number of amides is 1. The lowest BCUT2D eigenvalue weighted by molar-refractivity contribution is -0.127. The molecule has 0 saturated heterocycles. The van der Waals surface area contributed by atoms with E-state index in [1.807, 2.05) is 17.7 Å². The Morgan fingerprint density at radius 2 is 2.00 bits per heavy atom. The highest BCUT2D eigenvalue weighted by Crippen LogP contribution is 2.29. The number of hydrogen-bond donors (Lipinski definition) is 2. The van der Waals surface area contributed by atoms with Crippen LogP contribution in [0.1, 0.15) is 28.8 Å². The number of aromatic amines is 1. The average Bonchev–Trinajstić information content (AvgIpc) is 3.29. The summed E-state index contributed by atoms with van der Waals surface area (Å²) < 4.78 is 2.02. The zero-order valence-corrected chi connectivity index (χ0v) is 15.7. The number of H-pyrrole nitrogens is 1. The molecule has 1 aromatic carbocycles. The number of rotatable bonds is 4. The highest BCUT2D eigenvalue weighted by molar-refractivity contribution is 5.82. The summed E-state index contributed by atoms with van der Waals surface area (Å²) in [5.74, 6) is 1.45. The van der Waals surface area contributed by atoms with Gasteiger partial charge in [-0.1, -0.05) is 29.8 Å². The second-order valence-electron chi connectivity index (χ2n) is 6.88. The van der Waals surface area contributed by atoms with Crippen molar-refractivity contribution in [1.29, 1.82) is 0 Å². The third-order valence-electron chi connectivity index (χ3n) is 5.11. The van der Waals surface area contributed by atoms with Crippen molar-refractivity contribution in [2.75, 3.05) is 13.6 Å². The van der Waals surface area contributed by atoms with E-state index in [0.29, 0.717) is 12.4 Å². The summed E-state index contributed by atoms with van der Waals surface area (Å²) in [5, 5.41) is 18.5. The van der Waals surface area contributed by atoms with Gasteiger partial charge in [-0.3, -0.25) is 14.8 Å². The van der Waals surface area contributed by atoms with Gasteiger partial charge in [-0.05, 0) is 19.4 Å². The molecular weight excluding hydrogens is 342 g/mol. The molecule has 8 nitrogen and oxygen atoms in total. The molecule has 1 atom stereocenters. The summed E-state index contributed by atoms with van der Waals surface area (Å²) in [6, 6.07) is 7.86. The third-order valence-corrected chi connectivity index (χ3v) is 5.11. The Kier molecular flexibility index (Phi) is 4.49. The first-order valence-corrected chi connectivity index (χ1v) is 9.03. The molecule has 0 fully saturated rings. The highest BCUT2D eigenvalue weighted by Gasteiger charge is 2.36. The van der Waals surface area contributed by atoms with Crippen molar-refractivity contribution in [3.05, 3.63) is 53.2 Å². The van der Waals surface area contributed by atoms with Gasteiger partial charge in [-0.2, -0.15) is 5.10 Å². The predicted octanol–water partition coefficient (Wildman–Crippen LogP) is 1.59. The first kappa shape index (κ1) is 17.4. The fourth-order valence-corrected chi connectivity index (χ4v) is 3.61. The number of aromatic nitrogens is 5. The number of carbonyl (C=O) groups excluding carboxylic acids is 1. The maximum atomic E-state index is 12.6. The van der Waals surface area contributed by atoms with Crippen LogP contribution in [0.15, 0.2) is 30.5 Å². The lowest BCUT2D eigenvalue weighted by Gasteiger charge is -2.34. The Morgan fingerprint density at radius 1 is 1.22 bits per heavy atom. The van der Waals surface area contributed by atoms with Crippen molar-refractivity contribution in [3.8, 4) is 11.3 Å². The van der Waals surface area contributed by atoms with Crippen molar-refractivity contribution in [3.63, 3.8) is 0 Å². The maximum absolute atomic E-state index is 12.6. The second-order valence-corrected chi connectivity index (χ2v) is 6.88. The van der Waals surface area contributed by atoms with Crippen LogP contribution in [0.25, 0.3) is 11.3 Å². The van der Waals surface area contributed by atoms with E-state index < -0.39 is 6.04 Å². The standard InChI is InChI=1S/C19H23N7O/c1-12-4-6-14(7-5-12)16-15(10-21-23-16)11-25-8-9-26-13(2)22-24-18(26)17(25)19(27)20-3/h4-7,10,17H,8-9,11H2,1-3H3,(H,20,27)(H,21,23). The fourth-order valence-electron chi connectivity index (χ4n) is 3.61. The Hall–Kier alpha value is -3.00. The first-order chi connectivity index (χ1) is 13.1. The normalized spacial score (nSPS) is 16.9. The van der Waals surface area contributed by atoms with Gasteiger partial charge in [-0.25, -0.2) is 0 Å². The average molecular weight is 365 g/mol. The van der Waals surface area contributed by atoms with E-state index in [1.165, 1.54) is 5.56 Å². The molecule has 4 rings (SSSR count). The van der Waals surface area contributed by atoms with E-state index in [-0.39, 0.29) is 5.91 Å². The zero-order chi connectivity index (χ0) is 19.0. The summed E-state index contributed by atoms with van der Waals surface area (Å²) in [4.78, 5) is 14.7. The van der Waals surface area contributed by atoms with Crippen LogP contribution in [0.3, 0.4) is 0 Å². The molecule has 2 N–H and O–H groups in total. The number of likely N-dealkylation sites (N-methyl/N-ethyl adjacent to an activating group) is 1. The topological polar surface area (TPSA) is 91.7 Å². The van der Waals surface area contributed by atoms with Crippen LogP contribution in [0.5, 0.6) is 0 Å². The van der Waals surface area contributed by atoms with Gasteiger partial charge in [0.2, 0.25) is 5.91 Å². The predicted molar refractivity (Wildman–Crippen MR) is 101 cm³/mol. The van der Waals surface area contributed by atoms with Crippen LogP contribution in [0.2, 0.25) is 0 Å². The van der Waals surface area contributed by atoms with Gasteiger partial charge in [0.25, 0.3) is 0 Å². The summed E-state index contributed by atoms with van der Waals surface area (Å²) in [7, 11) is 1.65. The molecule has 0 radical (unpaired) electrons. The van der Waals surface area contributed by atoms with E-state index in [2.05, 4.69) is 61.8 Å². The molecule has 3 heterocycles. The molecule has 0 aliphatic carbocycles. The Balaban J connectivity index is 1.65. The second kappa shape index (κ2) is 6.96. The summed E-state index contributed by atoms with van der Waals surface area (Å²) >= 11 is 0. The van der Waals surface area contributed by atoms with Gasteiger partial charge < -0.3 is 9.88 Å². The summed E-state index contributed by atoms with van der Waals surface area (Å²) in [6.45, 7) is 6.09. The van der Waals surface area contributed by atoms with Gasteiger partial charge in [0.15, 0.2) is 11.9 Å². The van der Waals surface area contributed by atoms with Crippen molar-refractivity contribution < 1.29 is 4.79 Å². The van der Waals surface area contributed by atoms with Crippen LogP contribution in [0.4, 0.5) is 0 Å². The van der Waals surface area contributed by atoms with Gasteiger partial charge in [0.05, 0.1) is 11.9 Å². The molecule has 1 amide bonds. The molecule has 0 spiro atoms. The lowest BCUT2D eigenvalue weighted by Crippen LogP contribution is -2.45. The number of nitrogens with zero attached hydrogens (tertiary/aromatic N) is 5.